The van der Waals surface area contributed by atoms with Gasteiger partial charge < -0.3 is 14.2 Å². The summed E-state index contributed by atoms with van der Waals surface area (Å²) in [6, 6.07) is 0. The molecule has 0 radical (unpaired) electrons. The fourth-order valence-electron chi connectivity index (χ4n) is 10.6. The molecule has 1 unspecified atom stereocenters. The Kier molecular flexibility index (Phi) is 67.6. The lowest BCUT2D eigenvalue weighted by Crippen LogP contribution is -2.30. The first-order chi connectivity index (χ1) is 40.5. The van der Waals surface area contributed by atoms with E-state index < -0.39 is 6.10 Å². The van der Waals surface area contributed by atoms with Crippen LogP contribution in [-0.2, 0) is 28.6 Å². The third-order valence-electron chi connectivity index (χ3n) is 16.0. The van der Waals surface area contributed by atoms with E-state index in [9.17, 15) is 14.4 Å². The van der Waals surface area contributed by atoms with E-state index in [0.29, 0.717) is 19.3 Å². The molecule has 0 amide bonds. The first-order valence-electron chi connectivity index (χ1n) is 35.9. The lowest BCUT2D eigenvalue weighted by atomic mass is 10.0. The van der Waals surface area contributed by atoms with Gasteiger partial charge in [-0.1, -0.05) is 357 Å². The highest BCUT2D eigenvalue weighted by molar-refractivity contribution is 5.71. The molecule has 0 rings (SSSR count). The molecule has 6 heteroatoms. The van der Waals surface area contributed by atoms with Gasteiger partial charge in [-0.05, 0) is 70.6 Å². The molecular weight excluding hydrogens is 1010 g/mol. The molecular formula is C76H136O6. The molecule has 476 valence electrons. The van der Waals surface area contributed by atoms with Gasteiger partial charge in [-0.25, -0.2) is 0 Å². The number of ether oxygens (including phenoxy) is 3. The summed E-state index contributed by atoms with van der Waals surface area (Å²) in [5.41, 5.74) is 0. The summed E-state index contributed by atoms with van der Waals surface area (Å²) in [5, 5.41) is 0. The molecule has 0 heterocycles. The van der Waals surface area contributed by atoms with Gasteiger partial charge in [0.25, 0.3) is 0 Å². The molecule has 0 saturated heterocycles. The third-order valence-corrected chi connectivity index (χ3v) is 16.0. The summed E-state index contributed by atoms with van der Waals surface area (Å²) in [6.07, 6.45) is 92.2. The van der Waals surface area contributed by atoms with Crippen molar-refractivity contribution in [3.8, 4) is 0 Å². The molecule has 0 aromatic carbocycles. The minimum Gasteiger partial charge on any atom is -0.462 e. The summed E-state index contributed by atoms with van der Waals surface area (Å²) in [5.74, 6) is -0.843. The highest BCUT2D eigenvalue weighted by Crippen LogP contribution is 2.18. The zero-order valence-electron chi connectivity index (χ0n) is 54.8. The molecule has 0 N–H and O–H groups in total. The number of esters is 3. The van der Waals surface area contributed by atoms with Crippen LogP contribution in [0.1, 0.15) is 374 Å². The second-order valence-electron chi connectivity index (χ2n) is 24.1. The Bertz CT molecular complexity index is 1500. The van der Waals surface area contributed by atoms with E-state index in [0.717, 1.165) is 96.3 Å². The monoisotopic (exact) mass is 1150 g/mol. The number of hydrogen-bond acceptors (Lipinski definition) is 6. The average molecular weight is 1150 g/mol. The molecule has 0 fully saturated rings. The van der Waals surface area contributed by atoms with Gasteiger partial charge in [0.1, 0.15) is 13.2 Å². The van der Waals surface area contributed by atoms with Crippen molar-refractivity contribution < 1.29 is 28.6 Å². The first kappa shape index (κ1) is 78.8. The molecule has 1 atom stereocenters. The lowest BCUT2D eigenvalue weighted by Gasteiger charge is -2.18. The molecule has 0 bridgehead atoms. The largest absolute Gasteiger partial charge is 0.462 e. The van der Waals surface area contributed by atoms with E-state index in [4.69, 9.17) is 14.2 Å². The van der Waals surface area contributed by atoms with Crippen molar-refractivity contribution in [3.05, 3.63) is 72.9 Å². The first-order valence-corrected chi connectivity index (χ1v) is 35.9. The molecule has 0 aromatic rings. The van der Waals surface area contributed by atoms with E-state index in [1.807, 2.05) is 0 Å². The fourth-order valence-corrected chi connectivity index (χ4v) is 10.6. The number of hydrogen-bond donors (Lipinski definition) is 0. The second kappa shape index (κ2) is 70.3. The predicted molar refractivity (Wildman–Crippen MR) is 358 cm³/mol. The Morgan fingerprint density at radius 1 is 0.256 bits per heavy atom. The Balaban J connectivity index is 4.16. The summed E-state index contributed by atoms with van der Waals surface area (Å²) in [4.78, 5) is 38.4. The Labute approximate surface area is 510 Å². The SMILES string of the molecule is CC/C=C\C/C=C\C/C=C\C/C=C\C/C=C\C/C=C\CCCCCCCCCCCCCCCCC(=O)OCC(COC(=O)CCCCCCCCCCCCCC)OC(=O)CCCCCCCCCCCCCCCCCCCCC. The smallest absolute Gasteiger partial charge is 0.306 e. The lowest BCUT2D eigenvalue weighted by molar-refractivity contribution is -0.167. The van der Waals surface area contributed by atoms with E-state index >= 15 is 0 Å². The zero-order valence-corrected chi connectivity index (χ0v) is 54.8. The average Bonchev–Trinajstić information content (AvgIpc) is 3.47. The van der Waals surface area contributed by atoms with Crippen LogP contribution in [0.5, 0.6) is 0 Å². The second-order valence-corrected chi connectivity index (χ2v) is 24.1. The van der Waals surface area contributed by atoms with Gasteiger partial charge in [-0.15, -0.1) is 0 Å². The molecule has 0 aromatic heterocycles. The summed E-state index contributed by atoms with van der Waals surface area (Å²) in [7, 11) is 0. The predicted octanol–water partition coefficient (Wildman–Crippen LogP) is 24.8. The Morgan fingerprint density at radius 2 is 0.476 bits per heavy atom. The molecule has 0 aliphatic rings. The van der Waals surface area contributed by atoms with Gasteiger partial charge in [-0.3, -0.25) is 14.4 Å². The van der Waals surface area contributed by atoms with Gasteiger partial charge in [0.05, 0.1) is 0 Å². The number of rotatable bonds is 66. The van der Waals surface area contributed by atoms with Gasteiger partial charge in [0.15, 0.2) is 6.10 Å². The van der Waals surface area contributed by atoms with Crippen molar-refractivity contribution in [1.29, 1.82) is 0 Å². The molecule has 0 saturated carbocycles. The van der Waals surface area contributed by atoms with Crippen LogP contribution in [0.25, 0.3) is 0 Å². The molecule has 6 nitrogen and oxygen atoms in total. The van der Waals surface area contributed by atoms with Crippen molar-refractivity contribution in [2.75, 3.05) is 13.2 Å². The fraction of sp³-hybridized carbons (Fsp3) is 0.803. The van der Waals surface area contributed by atoms with Crippen molar-refractivity contribution in [2.24, 2.45) is 0 Å². The van der Waals surface area contributed by atoms with Crippen LogP contribution in [-0.4, -0.2) is 37.2 Å². The van der Waals surface area contributed by atoms with Gasteiger partial charge in [0.2, 0.25) is 0 Å². The maximum Gasteiger partial charge on any atom is 0.306 e. The van der Waals surface area contributed by atoms with Crippen LogP contribution in [0.4, 0.5) is 0 Å². The third kappa shape index (κ3) is 67.6. The minimum absolute atomic E-state index is 0.0678. The van der Waals surface area contributed by atoms with E-state index in [1.165, 1.54) is 238 Å². The Hall–Kier alpha value is -3.15. The van der Waals surface area contributed by atoms with Crippen LogP contribution in [0.15, 0.2) is 72.9 Å². The zero-order chi connectivity index (χ0) is 59.2. The molecule has 82 heavy (non-hydrogen) atoms. The topological polar surface area (TPSA) is 78.9 Å². The van der Waals surface area contributed by atoms with Gasteiger partial charge in [-0.2, -0.15) is 0 Å². The summed E-state index contributed by atoms with van der Waals surface area (Å²) in [6.45, 7) is 6.58. The van der Waals surface area contributed by atoms with Crippen LogP contribution < -0.4 is 0 Å². The van der Waals surface area contributed by atoms with Crippen LogP contribution in [0.2, 0.25) is 0 Å². The van der Waals surface area contributed by atoms with Crippen LogP contribution in [0.3, 0.4) is 0 Å². The quantitative estimate of drug-likeness (QED) is 0.0261. The highest BCUT2D eigenvalue weighted by Gasteiger charge is 2.19. The Morgan fingerprint density at radius 3 is 0.744 bits per heavy atom. The number of allylic oxidation sites excluding steroid dienone is 12. The van der Waals surface area contributed by atoms with E-state index in [1.54, 1.807) is 0 Å². The van der Waals surface area contributed by atoms with Gasteiger partial charge >= 0.3 is 17.9 Å². The molecule has 0 aliphatic heterocycles. The normalized spacial score (nSPS) is 12.5. The summed E-state index contributed by atoms with van der Waals surface area (Å²) >= 11 is 0. The van der Waals surface area contributed by atoms with Crippen LogP contribution >= 0.6 is 0 Å². The number of unbranched alkanes of at least 4 members (excludes halogenated alkanes) is 43. The highest BCUT2D eigenvalue weighted by atomic mass is 16.6. The summed E-state index contributed by atoms with van der Waals surface area (Å²) < 4.78 is 17.0. The number of carbonyl (C=O) groups is 3. The van der Waals surface area contributed by atoms with Crippen LogP contribution in [0, 0.1) is 0 Å². The molecule has 0 spiro atoms. The van der Waals surface area contributed by atoms with Crippen molar-refractivity contribution in [3.63, 3.8) is 0 Å². The minimum atomic E-state index is -0.771. The standard InChI is InChI=1S/C76H136O6/c1-4-7-10-13-16-19-22-25-27-29-31-32-33-34-35-36-37-38-39-40-41-42-43-44-46-47-49-51-54-57-60-63-66-69-75(78)81-72-73(71-80-74(77)68-65-62-59-56-53-24-21-18-15-12-9-6-3)82-76(79)70-67-64-61-58-55-52-50-48-45-30-28-26-23-20-17-14-11-8-5-2/h7,10,16,19,25,27,31-32,34-35,37-38,73H,4-6,8-9,11-15,17-18,20-24,26,28-30,33,36,39-72H2,1-3H3/b10-7-,19-16-,27-25-,32-31-,35-34-,38-37-. The van der Waals surface area contributed by atoms with Gasteiger partial charge in [0, 0.05) is 19.3 Å². The van der Waals surface area contributed by atoms with Crippen molar-refractivity contribution in [2.45, 2.75) is 380 Å². The van der Waals surface area contributed by atoms with Crippen molar-refractivity contribution in [1.82, 2.24) is 0 Å². The van der Waals surface area contributed by atoms with Crippen molar-refractivity contribution >= 4 is 17.9 Å². The number of carbonyl (C=O) groups excluding carboxylic acids is 3. The van der Waals surface area contributed by atoms with E-state index in [2.05, 4.69) is 93.7 Å². The maximum atomic E-state index is 12.9. The maximum absolute atomic E-state index is 12.9. The van der Waals surface area contributed by atoms with E-state index in [-0.39, 0.29) is 31.1 Å². The molecule has 0 aliphatic carbocycles.